The molecule has 2 heterocycles. The maximum atomic E-state index is 12.5. The van der Waals surface area contributed by atoms with Crippen molar-refractivity contribution in [3.63, 3.8) is 0 Å². The van der Waals surface area contributed by atoms with Crippen LogP contribution in [0.4, 0.5) is 5.82 Å². The van der Waals surface area contributed by atoms with Gasteiger partial charge in [0, 0.05) is 17.5 Å². The molecule has 3 aromatic rings. The van der Waals surface area contributed by atoms with Gasteiger partial charge in [-0.05, 0) is 29.3 Å². The SMILES string of the molecule is O=C(Nc1ccnn1Cc1ccc(Cl)cc1)[C@@H]1Cc2ccccc2O1. The van der Waals surface area contributed by atoms with Gasteiger partial charge in [0.2, 0.25) is 0 Å². The Morgan fingerprint density at radius 1 is 1.20 bits per heavy atom. The molecule has 2 aromatic carbocycles. The largest absolute Gasteiger partial charge is 0.480 e. The molecule has 1 aliphatic heterocycles. The zero-order valence-corrected chi connectivity index (χ0v) is 14.1. The van der Waals surface area contributed by atoms with Crippen molar-refractivity contribution in [2.45, 2.75) is 19.1 Å². The lowest BCUT2D eigenvalue weighted by atomic mass is 10.1. The lowest BCUT2D eigenvalue weighted by Gasteiger charge is -2.13. The highest BCUT2D eigenvalue weighted by atomic mass is 35.5. The van der Waals surface area contributed by atoms with Crippen LogP contribution in [0.5, 0.6) is 5.75 Å². The topological polar surface area (TPSA) is 56.2 Å². The Kier molecular flexibility index (Phi) is 4.15. The summed E-state index contributed by atoms with van der Waals surface area (Å²) in [7, 11) is 0. The van der Waals surface area contributed by atoms with Gasteiger partial charge < -0.3 is 10.1 Å². The fourth-order valence-corrected chi connectivity index (χ4v) is 2.99. The van der Waals surface area contributed by atoms with Gasteiger partial charge >= 0.3 is 0 Å². The van der Waals surface area contributed by atoms with E-state index in [4.69, 9.17) is 16.3 Å². The normalized spacial score (nSPS) is 15.5. The van der Waals surface area contributed by atoms with Gasteiger partial charge in [-0.2, -0.15) is 5.10 Å². The van der Waals surface area contributed by atoms with Crippen LogP contribution >= 0.6 is 11.6 Å². The van der Waals surface area contributed by atoms with Crippen LogP contribution in [-0.4, -0.2) is 21.8 Å². The fraction of sp³-hybridized carbons (Fsp3) is 0.158. The summed E-state index contributed by atoms with van der Waals surface area (Å²) in [6.07, 6.45) is 1.72. The first-order chi connectivity index (χ1) is 12.2. The van der Waals surface area contributed by atoms with Gasteiger partial charge in [0.05, 0.1) is 12.7 Å². The summed E-state index contributed by atoms with van der Waals surface area (Å²) < 4.78 is 7.47. The van der Waals surface area contributed by atoms with Crippen molar-refractivity contribution in [2.24, 2.45) is 0 Å². The average molecular weight is 354 g/mol. The fourth-order valence-electron chi connectivity index (χ4n) is 2.86. The number of fused-ring (bicyclic) bond motifs is 1. The summed E-state index contributed by atoms with van der Waals surface area (Å²) in [6.45, 7) is 0.547. The Labute approximate surface area is 150 Å². The molecule has 25 heavy (non-hydrogen) atoms. The van der Waals surface area contributed by atoms with Crippen molar-refractivity contribution in [1.29, 1.82) is 0 Å². The number of para-hydroxylation sites is 1. The van der Waals surface area contributed by atoms with Crippen LogP contribution < -0.4 is 10.1 Å². The molecular formula is C19H16ClN3O2. The number of carbonyl (C=O) groups excluding carboxylic acids is 1. The third-order valence-corrected chi connectivity index (χ3v) is 4.40. The average Bonchev–Trinajstić information content (AvgIpc) is 3.24. The minimum atomic E-state index is -0.517. The molecule has 1 atom stereocenters. The number of anilines is 1. The van der Waals surface area contributed by atoms with Gasteiger partial charge in [0.1, 0.15) is 11.6 Å². The van der Waals surface area contributed by atoms with Gasteiger partial charge in [-0.15, -0.1) is 0 Å². The Balaban J connectivity index is 1.44. The van der Waals surface area contributed by atoms with E-state index in [1.165, 1.54) is 0 Å². The van der Waals surface area contributed by atoms with Crippen molar-refractivity contribution >= 4 is 23.3 Å². The van der Waals surface area contributed by atoms with Crippen molar-refractivity contribution in [1.82, 2.24) is 9.78 Å². The summed E-state index contributed by atoms with van der Waals surface area (Å²) >= 11 is 5.91. The predicted molar refractivity (Wildman–Crippen MR) is 96.0 cm³/mol. The molecule has 1 amide bonds. The van der Waals surface area contributed by atoms with Crippen LogP contribution in [0.3, 0.4) is 0 Å². The monoisotopic (exact) mass is 353 g/mol. The van der Waals surface area contributed by atoms with Crippen molar-refractivity contribution < 1.29 is 9.53 Å². The van der Waals surface area contributed by atoms with Gasteiger partial charge in [0.25, 0.3) is 5.91 Å². The van der Waals surface area contributed by atoms with Crippen LogP contribution in [0.15, 0.2) is 60.8 Å². The highest BCUT2D eigenvalue weighted by molar-refractivity contribution is 6.30. The Morgan fingerprint density at radius 2 is 2.00 bits per heavy atom. The highest BCUT2D eigenvalue weighted by Crippen LogP contribution is 2.28. The smallest absolute Gasteiger partial charge is 0.266 e. The molecule has 0 saturated heterocycles. The van der Waals surface area contributed by atoms with Crippen LogP contribution in [0.1, 0.15) is 11.1 Å². The number of nitrogens with one attached hydrogen (secondary N) is 1. The van der Waals surface area contributed by atoms with Crippen molar-refractivity contribution in [3.05, 3.63) is 76.9 Å². The first kappa shape index (κ1) is 15.7. The zero-order chi connectivity index (χ0) is 17.2. The van der Waals surface area contributed by atoms with Crippen LogP contribution in [0.25, 0.3) is 0 Å². The van der Waals surface area contributed by atoms with Crippen molar-refractivity contribution in [3.8, 4) is 5.75 Å². The van der Waals surface area contributed by atoms with Crippen LogP contribution in [0.2, 0.25) is 5.02 Å². The zero-order valence-electron chi connectivity index (χ0n) is 13.4. The summed E-state index contributed by atoms with van der Waals surface area (Å²) in [5.41, 5.74) is 2.10. The van der Waals surface area contributed by atoms with E-state index in [-0.39, 0.29) is 5.91 Å². The lowest BCUT2D eigenvalue weighted by molar-refractivity contribution is -0.122. The van der Waals surface area contributed by atoms with E-state index < -0.39 is 6.10 Å². The summed E-state index contributed by atoms with van der Waals surface area (Å²) in [4.78, 5) is 12.5. The maximum absolute atomic E-state index is 12.5. The second kappa shape index (κ2) is 6.61. The first-order valence-electron chi connectivity index (χ1n) is 8.01. The van der Waals surface area contributed by atoms with Crippen molar-refractivity contribution in [2.75, 3.05) is 5.32 Å². The van der Waals surface area contributed by atoms with E-state index in [0.717, 1.165) is 16.9 Å². The van der Waals surface area contributed by atoms with E-state index in [2.05, 4.69) is 10.4 Å². The number of aromatic nitrogens is 2. The van der Waals surface area contributed by atoms with Gasteiger partial charge in [0.15, 0.2) is 6.10 Å². The number of nitrogens with zero attached hydrogens (tertiary/aromatic N) is 2. The molecule has 1 N–H and O–H groups in total. The molecule has 0 aliphatic carbocycles. The standard InChI is InChI=1S/C19H16ClN3O2/c20-15-7-5-13(6-8-15)12-23-18(9-10-21-23)22-19(24)17-11-14-3-1-2-4-16(14)25-17/h1-10,17H,11-12H2,(H,22,24)/t17-/m0/s1. The molecule has 1 aliphatic rings. The first-order valence-corrected chi connectivity index (χ1v) is 8.38. The number of rotatable bonds is 4. The van der Waals surface area contributed by atoms with E-state index >= 15 is 0 Å². The number of amides is 1. The summed E-state index contributed by atoms with van der Waals surface area (Å²) in [5.74, 6) is 1.24. The number of halogens is 1. The van der Waals surface area contributed by atoms with E-state index in [1.807, 2.05) is 48.5 Å². The van der Waals surface area contributed by atoms with E-state index in [1.54, 1.807) is 16.9 Å². The second-order valence-corrected chi connectivity index (χ2v) is 6.34. The molecule has 0 radical (unpaired) electrons. The van der Waals surface area contributed by atoms with Crippen LogP contribution in [-0.2, 0) is 17.8 Å². The lowest BCUT2D eigenvalue weighted by Crippen LogP contribution is -2.32. The summed E-state index contributed by atoms with van der Waals surface area (Å²) in [5, 5.41) is 7.88. The second-order valence-electron chi connectivity index (χ2n) is 5.91. The Morgan fingerprint density at radius 3 is 2.80 bits per heavy atom. The number of hydrogen-bond donors (Lipinski definition) is 1. The van der Waals surface area contributed by atoms with Gasteiger partial charge in [-0.25, -0.2) is 4.68 Å². The molecule has 6 heteroatoms. The van der Waals surface area contributed by atoms with Gasteiger partial charge in [-0.1, -0.05) is 41.9 Å². The molecule has 0 fully saturated rings. The summed E-state index contributed by atoms with van der Waals surface area (Å²) in [6, 6.07) is 17.0. The molecule has 126 valence electrons. The van der Waals surface area contributed by atoms with E-state index in [0.29, 0.717) is 23.8 Å². The molecular weight excluding hydrogens is 338 g/mol. The number of carbonyl (C=O) groups is 1. The molecule has 1 aromatic heterocycles. The number of hydrogen-bond acceptors (Lipinski definition) is 3. The molecule has 0 saturated carbocycles. The minimum Gasteiger partial charge on any atom is -0.480 e. The Bertz CT molecular complexity index is 880. The maximum Gasteiger partial charge on any atom is 0.266 e. The van der Waals surface area contributed by atoms with E-state index in [9.17, 15) is 4.79 Å². The molecule has 0 spiro atoms. The molecule has 5 nitrogen and oxygen atoms in total. The minimum absolute atomic E-state index is 0.172. The highest BCUT2D eigenvalue weighted by Gasteiger charge is 2.29. The Hall–Kier alpha value is -2.79. The number of ether oxygens (including phenoxy) is 1. The number of benzene rings is 2. The third kappa shape index (κ3) is 3.37. The third-order valence-electron chi connectivity index (χ3n) is 4.15. The molecule has 0 unspecified atom stereocenters. The van der Waals surface area contributed by atoms with Crippen LogP contribution in [0, 0.1) is 0 Å². The molecule has 0 bridgehead atoms. The quantitative estimate of drug-likeness (QED) is 0.780. The molecule has 4 rings (SSSR count). The van der Waals surface area contributed by atoms with Gasteiger partial charge in [-0.3, -0.25) is 4.79 Å². The predicted octanol–water partition coefficient (Wildman–Crippen LogP) is 3.53.